The van der Waals surface area contributed by atoms with E-state index in [4.69, 9.17) is 28.9 Å². The van der Waals surface area contributed by atoms with Crippen molar-refractivity contribution in [2.45, 2.75) is 19.3 Å². The Bertz CT molecular complexity index is 1110. The smallest absolute Gasteiger partial charge is 0.252 e. The fourth-order valence-electron chi connectivity index (χ4n) is 3.52. The Morgan fingerprint density at radius 3 is 2.59 bits per heavy atom. The van der Waals surface area contributed by atoms with E-state index in [0.717, 1.165) is 21.9 Å². The number of carbonyl (C=O) groups is 1. The number of nitriles is 1. The van der Waals surface area contributed by atoms with Crippen LogP contribution in [0.15, 0.2) is 48.5 Å². The molecule has 0 saturated heterocycles. The Labute approximate surface area is 180 Å². The summed E-state index contributed by atoms with van der Waals surface area (Å²) in [5, 5.41) is 15.2. The van der Waals surface area contributed by atoms with Gasteiger partial charge in [0.15, 0.2) is 0 Å². The molecule has 0 spiro atoms. The van der Waals surface area contributed by atoms with Gasteiger partial charge in [-0.1, -0.05) is 60.5 Å². The predicted molar refractivity (Wildman–Crippen MR) is 119 cm³/mol. The van der Waals surface area contributed by atoms with Gasteiger partial charge in [-0.05, 0) is 46.5 Å². The minimum atomic E-state index is -0.214. The number of fused-ring (bicyclic) bond motifs is 1. The van der Waals surface area contributed by atoms with Gasteiger partial charge in [-0.3, -0.25) is 4.79 Å². The normalized spacial score (nSPS) is 11.8. The summed E-state index contributed by atoms with van der Waals surface area (Å²) in [6.45, 7) is 2.64. The third kappa shape index (κ3) is 4.38. The summed E-state index contributed by atoms with van der Waals surface area (Å²) in [5.74, 6) is -0.321. The number of nitrogens with two attached hydrogens (primary N) is 1. The summed E-state index contributed by atoms with van der Waals surface area (Å²) in [6.07, 6.45) is 0.587. The molecule has 0 aliphatic rings. The number of hydrogen-bond acceptors (Lipinski definition) is 3. The molecule has 3 aromatic carbocycles. The molecule has 0 saturated carbocycles. The Morgan fingerprint density at radius 2 is 1.93 bits per heavy atom. The van der Waals surface area contributed by atoms with E-state index in [9.17, 15) is 10.1 Å². The van der Waals surface area contributed by atoms with Gasteiger partial charge in [-0.2, -0.15) is 5.26 Å². The number of amides is 1. The topological polar surface area (TPSA) is 78.9 Å². The van der Waals surface area contributed by atoms with Gasteiger partial charge in [0.1, 0.15) is 0 Å². The third-order valence-corrected chi connectivity index (χ3v) is 5.81. The molecule has 148 valence electrons. The summed E-state index contributed by atoms with van der Waals surface area (Å²) >= 11 is 12.1. The predicted octanol–water partition coefficient (Wildman–Crippen LogP) is 5.05. The van der Waals surface area contributed by atoms with E-state index in [0.29, 0.717) is 40.7 Å². The van der Waals surface area contributed by atoms with E-state index in [2.05, 4.69) is 11.4 Å². The maximum atomic E-state index is 13.2. The molecule has 1 amide bonds. The van der Waals surface area contributed by atoms with Crippen molar-refractivity contribution in [3.63, 3.8) is 0 Å². The highest BCUT2D eigenvalue weighted by Gasteiger charge is 2.20. The Kier molecular flexibility index (Phi) is 6.76. The van der Waals surface area contributed by atoms with E-state index >= 15 is 0 Å². The van der Waals surface area contributed by atoms with Gasteiger partial charge in [0, 0.05) is 19.0 Å². The largest absolute Gasteiger partial charge is 0.351 e. The minimum absolute atomic E-state index is 0.107. The third-order valence-electron chi connectivity index (χ3n) is 5.07. The molecule has 4 nitrogen and oxygen atoms in total. The lowest BCUT2D eigenvalue weighted by atomic mass is 9.92. The molecule has 6 heteroatoms. The second-order valence-electron chi connectivity index (χ2n) is 6.78. The molecule has 0 unspecified atom stereocenters. The molecule has 0 aliphatic heterocycles. The van der Waals surface area contributed by atoms with Crippen LogP contribution in [0, 0.1) is 11.3 Å². The van der Waals surface area contributed by atoms with Crippen LogP contribution in [-0.4, -0.2) is 19.0 Å². The van der Waals surface area contributed by atoms with Gasteiger partial charge in [-0.25, -0.2) is 0 Å². The van der Waals surface area contributed by atoms with Crippen molar-refractivity contribution in [1.82, 2.24) is 5.32 Å². The van der Waals surface area contributed by atoms with Crippen LogP contribution in [0.5, 0.6) is 0 Å². The minimum Gasteiger partial charge on any atom is -0.351 e. The second-order valence-corrected chi connectivity index (χ2v) is 7.59. The molecule has 0 aliphatic carbocycles. The van der Waals surface area contributed by atoms with Crippen molar-refractivity contribution in [2.24, 2.45) is 5.73 Å². The first-order valence-electron chi connectivity index (χ1n) is 9.38. The molecule has 0 aromatic heterocycles. The molecule has 3 aromatic rings. The average Bonchev–Trinajstić information content (AvgIpc) is 2.74. The van der Waals surface area contributed by atoms with Crippen molar-refractivity contribution in [1.29, 1.82) is 5.26 Å². The number of halogens is 2. The van der Waals surface area contributed by atoms with Crippen LogP contribution in [-0.2, 0) is 6.42 Å². The molecule has 0 radical (unpaired) electrons. The van der Waals surface area contributed by atoms with E-state index in [1.54, 1.807) is 12.1 Å². The number of nitrogens with zero attached hydrogens (tertiary/aromatic N) is 1. The Balaban J connectivity index is 1.93. The maximum absolute atomic E-state index is 13.2. The van der Waals surface area contributed by atoms with Gasteiger partial charge in [0.05, 0.1) is 27.2 Å². The average molecular weight is 426 g/mol. The van der Waals surface area contributed by atoms with Crippen molar-refractivity contribution >= 4 is 39.9 Å². The van der Waals surface area contributed by atoms with E-state index in [-0.39, 0.29) is 11.8 Å². The maximum Gasteiger partial charge on any atom is 0.252 e. The fraction of sp³-hybridized carbons (Fsp3) is 0.217. The fourth-order valence-corrected chi connectivity index (χ4v) is 3.83. The summed E-state index contributed by atoms with van der Waals surface area (Å²) in [7, 11) is 0. The highest BCUT2D eigenvalue weighted by atomic mass is 35.5. The van der Waals surface area contributed by atoms with E-state index < -0.39 is 0 Å². The summed E-state index contributed by atoms with van der Waals surface area (Å²) in [5.41, 5.74) is 8.68. The van der Waals surface area contributed by atoms with Crippen LogP contribution in [0.1, 0.15) is 39.9 Å². The zero-order valence-corrected chi connectivity index (χ0v) is 17.5. The zero-order valence-electron chi connectivity index (χ0n) is 16.0. The van der Waals surface area contributed by atoms with Gasteiger partial charge in [0.2, 0.25) is 0 Å². The first-order valence-corrected chi connectivity index (χ1v) is 10.1. The quantitative estimate of drug-likeness (QED) is 0.579. The van der Waals surface area contributed by atoms with Crippen LogP contribution in [0.3, 0.4) is 0 Å². The zero-order chi connectivity index (χ0) is 21.0. The van der Waals surface area contributed by atoms with Gasteiger partial charge < -0.3 is 11.1 Å². The summed E-state index contributed by atoms with van der Waals surface area (Å²) in [6, 6.07) is 17.0. The van der Waals surface area contributed by atoms with Crippen molar-refractivity contribution < 1.29 is 4.79 Å². The number of hydrogen-bond donors (Lipinski definition) is 2. The summed E-state index contributed by atoms with van der Waals surface area (Å²) in [4.78, 5) is 13.2. The highest BCUT2D eigenvalue weighted by molar-refractivity contribution is 6.42. The molecule has 3 rings (SSSR count). The van der Waals surface area contributed by atoms with Crippen LogP contribution in [0.4, 0.5) is 0 Å². The molecule has 0 bridgehead atoms. The molecule has 0 fully saturated rings. The molecular formula is C23H21Cl2N3O. The molecule has 0 heterocycles. The first-order chi connectivity index (χ1) is 14.0. The van der Waals surface area contributed by atoms with Gasteiger partial charge in [-0.15, -0.1) is 0 Å². The van der Waals surface area contributed by atoms with Crippen LogP contribution in [0.2, 0.25) is 10.0 Å². The first kappa shape index (κ1) is 21.1. The van der Waals surface area contributed by atoms with Crippen LogP contribution >= 0.6 is 23.2 Å². The lowest BCUT2D eigenvalue weighted by Gasteiger charge is -2.19. The van der Waals surface area contributed by atoms with Gasteiger partial charge in [0.25, 0.3) is 5.91 Å². The second kappa shape index (κ2) is 9.28. The number of rotatable bonds is 6. The van der Waals surface area contributed by atoms with Crippen molar-refractivity contribution in [3.8, 4) is 6.07 Å². The van der Waals surface area contributed by atoms with E-state index in [1.165, 1.54) is 0 Å². The molecular weight excluding hydrogens is 405 g/mol. The molecule has 1 atom stereocenters. The molecule has 29 heavy (non-hydrogen) atoms. The lowest BCUT2D eigenvalue weighted by Crippen LogP contribution is -2.32. The SMILES string of the molecule is CCc1c(C#N)cc2ccccc2c1C(=O)NC[C@H](CN)c1ccc(Cl)c(Cl)c1. The number of nitrogens with one attached hydrogen (secondary N) is 1. The van der Waals surface area contributed by atoms with Crippen molar-refractivity contribution in [3.05, 3.63) is 80.8 Å². The lowest BCUT2D eigenvalue weighted by molar-refractivity contribution is 0.0952. The summed E-state index contributed by atoms with van der Waals surface area (Å²) < 4.78 is 0. The number of benzene rings is 3. The van der Waals surface area contributed by atoms with Crippen molar-refractivity contribution in [2.75, 3.05) is 13.1 Å². The van der Waals surface area contributed by atoms with Gasteiger partial charge >= 0.3 is 0 Å². The monoisotopic (exact) mass is 425 g/mol. The van der Waals surface area contributed by atoms with E-state index in [1.807, 2.05) is 43.3 Å². The molecule has 3 N–H and O–H groups in total. The number of carbonyl (C=O) groups excluding carboxylic acids is 1. The Hall–Kier alpha value is -2.58. The standard InChI is InChI=1S/C23H21Cl2N3O/c1-2-18-16(11-26)9-15-5-3-4-6-19(15)22(18)23(29)28-13-17(12-27)14-7-8-20(24)21(25)10-14/h3-10,17H,2,12-13,27H2,1H3,(H,28,29)/t17-/m0/s1. The Morgan fingerprint density at radius 1 is 1.17 bits per heavy atom. The highest BCUT2D eigenvalue weighted by Crippen LogP contribution is 2.28. The van der Waals surface area contributed by atoms with Crippen LogP contribution < -0.4 is 11.1 Å². The van der Waals surface area contributed by atoms with Crippen LogP contribution in [0.25, 0.3) is 10.8 Å².